The first kappa shape index (κ1) is 15.8. The number of halogens is 2. The van der Waals surface area contributed by atoms with Gasteiger partial charge in [-0.1, -0.05) is 29.8 Å². The molecule has 1 atom stereocenters. The maximum atomic E-state index is 14.0. The second-order valence-electron chi connectivity index (χ2n) is 5.11. The quantitative estimate of drug-likeness (QED) is 0.881. The number of nitrogens with one attached hydrogen (secondary N) is 1. The van der Waals surface area contributed by atoms with Crippen LogP contribution in [0.25, 0.3) is 0 Å². The molecule has 0 spiro atoms. The van der Waals surface area contributed by atoms with Gasteiger partial charge in [0.2, 0.25) is 0 Å². The van der Waals surface area contributed by atoms with E-state index in [1.165, 1.54) is 6.07 Å². The lowest BCUT2D eigenvalue weighted by Gasteiger charge is -2.29. The van der Waals surface area contributed by atoms with Gasteiger partial charge in [-0.15, -0.1) is 0 Å². The fourth-order valence-corrected chi connectivity index (χ4v) is 2.53. The monoisotopic (exact) mass is 306 g/mol. The Balaban J connectivity index is 2.32. The maximum absolute atomic E-state index is 14.0. The summed E-state index contributed by atoms with van der Waals surface area (Å²) in [6, 6.07) is 13.1. The van der Waals surface area contributed by atoms with Crippen LogP contribution >= 0.6 is 11.6 Å². The van der Waals surface area contributed by atoms with Crippen LogP contribution in [0.1, 0.15) is 24.1 Å². The van der Waals surface area contributed by atoms with Crippen LogP contribution in [0.3, 0.4) is 0 Å². The fourth-order valence-electron chi connectivity index (χ4n) is 2.40. The van der Waals surface area contributed by atoms with Crippen molar-refractivity contribution in [1.82, 2.24) is 5.32 Å². The van der Waals surface area contributed by atoms with Gasteiger partial charge in [0.1, 0.15) is 5.82 Å². The highest BCUT2D eigenvalue weighted by atomic mass is 35.5. The van der Waals surface area contributed by atoms with Crippen molar-refractivity contribution in [2.45, 2.75) is 19.5 Å². The Bertz CT molecular complexity index is 598. The first-order valence-electron chi connectivity index (χ1n) is 6.95. The van der Waals surface area contributed by atoms with E-state index >= 15 is 0 Å². The van der Waals surface area contributed by atoms with E-state index in [1.54, 1.807) is 6.07 Å². The summed E-state index contributed by atoms with van der Waals surface area (Å²) in [5.74, 6) is -0.183. The first-order valence-corrected chi connectivity index (χ1v) is 7.32. The minimum atomic E-state index is -0.183. The van der Waals surface area contributed by atoms with E-state index in [0.29, 0.717) is 12.1 Å². The van der Waals surface area contributed by atoms with E-state index in [2.05, 4.69) is 17.1 Å². The lowest BCUT2D eigenvalue weighted by molar-refractivity contribution is 0.597. The molecular weight excluding hydrogens is 287 g/mol. The highest BCUT2D eigenvalue weighted by molar-refractivity contribution is 6.30. The van der Waals surface area contributed by atoms with Crippen molar-refractivity contribution in [2.75, 3.05) is 19.0 Å². The van der Waals surface area contributed by atoms with E-state index in [4.69, 9.17) is 11.6 Å². The van der Waals surface area contributed by atoms with Crippen molar-refractivity contribution in [1.29, 1.82) is 0 Å². The van der Waals surface area contributed by atoms with Crippen LogP contribution in [-0.2, 0) is 6.54 Å². The summed E-state index contributed by atoms with van der Waals surface area (Å²) in [7, 11) is 3.80. The molecule has 0 fully saturated rings. The van der Waals surface area contributed by atoms with E-state index in [1.807, 2.05) is 44.4 Å². The third-order valence-electron chi connectivity index (χ3n) is 3.76. The predicted octanol–water partition coefficient (Wildman–Crippen LogP) is 4.40. The normalized spacial score (nSPS) is 12.2. The summed E-state index contributed by atoms with van der Waals surface area (Å²) in [6.07, 6.45) is 0. The Morgan fingerprint density at radius 2 is 1.86 bits per heavy atom. The molecule has 0 heterocycles. The van der Waals surface area contributed by atoms with E-state index in [0.717, 1.165) is 16.3 Å². The van der Waals surface area contributed by atoms with Gasteiger partial charge in [0.05, 0.1) is 6.04 Å². The molecule has 0 amide bonds. The highest BCUT2D eigenvalue weighted by Crippen LogP contribution is 2.30. The fraction of sp³-hybridized carbons (Fsp3) is 0.294. The third kappa shape index (κ3) is 3.55. The molecule has 1 N–H and O–H groups in total. The number of nitrogens with zero attached hydrogens (tertiary/aromatic N) is 1. The second-order valence-corrected chi connectivity index (χ2v) is 5.54. The summed E-state index contributed by atoms with van der Waals surface area (Å²) in [5, 5.41) is 3.74. The Morgan fingerprint density at radius 1 is 1.19 bits per heavy atom. The van der Waals surface area contributed by atoms with E-state index in [-0.39, 0.29) is 11.9 Å². The Labute approximate surface area is 130 Å². The van der Waals surface area contributed by atoms with Gasteiger partial charge in [-0.2, -0.15) is 0 Å². The molecule has 0 bridgehead atoms. The van der Waals surface area contributed by atoms with Crippen LogP contribution in [0, 0.1) is 5.82 Å². The SMILES string of the molecule is CNCc1c(F)cccc1N(C)C(C)c1ccc(Cl)cc1. The zero-order valence-electron chi connectivity index (χ0n) is 12.5. The third-order valence-corrected chi connectivity index (χ3v) is 4.01. The average Bonchev–Trinajstić information content (AvgIpc) is 2.49. The van der Waals surface area contributed by atoms with Crippen LogP contribution in [0.4, 0.5) is 10.1 Å². The molecule has 1 unspecified atom stereocenters. The summed E-state index contributed by atoms with van der Waals surface area (Å²) in [4.78, 5) is 2.08. The Hall–Kier alpha value is -1.58. The molecule has 112 valence electrons. The summed E-state index contributed by atoms with van der Waals surface area (Å²) in [6.45, 7) is 2.59. The number of benzene rings is 2. The molecule has 0 saturated carbocycles. The van der Waals surface area contributed by atoms with Gasteiger partial charge < -0.3 is 10.2 Å². The molecule has 2 aromatic rings. The van der Waals surface area contributed by atoms with Crippen LogP contribution in [0.15, 0.2) is 42.5 Å². The molecule has 2 rings (SSSR count). The molecule has 0 aliphatic carbocycles. The van der Waals surface area contributed by atoms with Crippen LogP contribution in [0.2, 0.25) is 5.02 Å². The smallest absolute Gasteiger partial charge is 0.129 e. The summed E-state index contributed by atoms with van der Waals surface area (Å²) >= 11 is 5.93. The molecule has 21 heavy (non-hydrogen) atoms. The zero-order chi connectivity index (χ0) is 15.4. The Morgan fingerprint density at radius 3 is 2.48 bits per heavy atom. The summed E-state index contributed by atoms with van der Waals surface area (Å²) in [5.41, 5.74) is 2.72. The second kappa shape index (κ2) is 6.92. The molecule has 0 aliphatic rings. The lowest BCUT2D eigenvalue weighted by Crippen LogP contribution is -2.24. The summed E-state index contributed by atoms with van der Waals surface area (Å²) < 4.78 is 14.0. The number of rotatable bonds is 5. The molecule has 0 aliphatic heterocycles. The topological polar surface area (TPSA) is 15.3 Å². The largest absolute Gasteiger partial charge is 0.367 e. The average molecular weight is 307 g/mol. The van der Waals surface area contributed by atoms with Crippen molar-refractivity contribution in [3.8, 4) is 0 Å². The number of hydrogen-bond donors (Lipinski definition) is 1. The number of hydrogen-bond acceptors (Lipinski definition) is 2. The van der Waals surface area contributed by atoms with Gasteiger partial charge in [-0.3, -0.25) is 0 Å². The van der Waals surface area contributed by atoms with Crippen molar-refractivity contribution in [2.24, 2.45) is 0 Å². The molecule has 0 saturated heterocycles. The van der Waals surface area contributed by atoms with E-state index < -0.39 is 0 Å². The minimum absolute atomic E-state index is 0.125. The van der Waals surface area contributed by atoms with Crippen molar-refractivity contribution >= 4 is 17.3 Å². The van der Waals surface area contributed by atoms with Crippen LogP contribution < -0.4 is 10.2 Å². The first-order chi connectivity index (χ1) is 10.0. The molecule has 2 aromatic carbocycles. The minimum Gasteiger partial charge on any atom is -0.367 e. The van der Waals surface area contributed by atoms with Gasteiger partial charge in [0.25, 0.3) is 0 Å². The molecule has 2 nitrogen and oxygen atoms in total. The van der Waals surface area contributed by atoms with Crippen molar-refractivity contribution in [3.05, 3.63) is 64.4 Å². The molecule has 0 aromatic heterocycles. The van der Waals surface area contributed by atoms with Gasteiger partial charge in [0.15, 0.2) is 0 Å². The highest BCUT2D eigenvalue weighted by Gasteiger charge is 2.17. The zero-order valence-corrected chi connectivity index (χ0v) is 13.3. The van der Waals surface area contributed by atoms with Gasteiger partial charge in [-0.05, 0) is 43.8 Å². The van der Waals surface area contributed by atoms with Crippen LogP contribution in [0.5, 0.6) is 0 Å². The molecule has 0 radical (unpaired) electrons. The van der Waals surface area contributed by atoms with Crippen molar-refractivity contribution < 1.29 is 4.39 Å². The van der Waals surface area contributed by atoms with Gasteiger partial charge in [-0.25, -0.2) is 4.39 Å². The maximum Gasteiger partial charge on any atom is 0.129 e. The molecule has 4 heteroatoms. The van der Waals surface area contributed by atoms with E-state index in [9.17, 15) is 4.39 Å². The van der Waals surface area contributed by atoms with Crippen LogP contribution in [-0.4, -0.2) is 14.1 Å². The van der Waals surface area contributed by atoms with Gasteiger partial charge >= 0.3 is 0 Å². The molecular formula is C17H20ClFN2. The Kier molecular flexibility index (Phi) is 5.21. The van der Waals surface area contributed by atoms with Crippen molar-refractivity contribution in [3.63, 3.8) is 0 Å². The lowest BCUT2D eigenvalue weighted by atomic mass is 10.0. The number of anilines is 1. The predicted molar refractivity (Wildman–Crippen MR) is 87.4 cm³/mol. The van der Waals surface area contributed by atoms with Gasteiger partial charge in [0, 0.05) is 29.9 Å². The standard InChI is InChI=1S/C17H20ClFN2/c1-12(13-7-9-14(18)10-8-13)21(3)17-6-4-5-16(19)15(17)11-20-2/h4-10,12,20H,11H2,1-3H3.